The Morgan fingerprint density at radius 1 is 1.00 bits per heavy atom. The quantitative estimate of drug-likeness (QED) is 0.762. The zero-order valence-electron chi connectivity index (χ0n) is 15.9. The third-order valence-corrected chi connectivity index (χ3v) is 5.92. The van der Waals surface area contributed by atoms with Crippen LogP contribution in [0.4, 0.5) is 0 Å². The van der Waals surface area contributed by atoms with E-state index < -0.39 is 0 Å². The Morgan fingerprint density at radius 3 is 2.50 bits per heavy atom. The molecule has 4 rings (SSSR count). The molecule has 1 atom stereocenters. The van der Waals surface area contributed by atoms with Crippen molar-refractivity contribution in [2.24, 2.45) is 0 Å². The second kappa shape index (κ2) is 7.34. The van der Waals surface area contributed by atoms with Gasteiger partial charge in [0.1, 0.15) is 0 Å². The molecule has 0 spiro atoms. The summed E-state index contributed by atoms with van der Waals surface area (Å²) >= 11 is 0. The van der Waals surface area contributed by atoms with Gasteiger partial charge in [0.15, 0.2) is 5.78 Å². The van der Waals surface area contributed by atoms with Gasteiger partial charge >= 0.3 is 0 Å². The summed E-state index contributed by atoms with van der Waals surface area (Å²) < 4.78 is 0. The van der Waals surface area contributed by atoms with Gasteiger partial charge in [0.25, 0.3) is 0 Å². The van der Waals surface area contributed by atoms with E-state index in [-0.39, 0.29) is 5.78 Å². The summed E-state index contributed by atoms with van der Waals surface area (Å²) in [5.41, 5.74) is 6.30. The normalized spacial score (nSPS) is 20.0. The number of benzene rings is 2. The first kappa shape index (κ1) is 17.4. The summed E-state index contributed by atoms with van der Waals surface area (Å²) in [6.07, 6.45) is 2.29. The zero-order valence-corrected chi connectivity index (χ0v) is 15.9. The number of likely N-dealkylation sites (N-methyl/N-ethyl adjacent to an activating group) is 1. The molecule has 1 aliphatic carbocycles. The lowest BCUT2D eigenvalue weighted by Crippen LogP contribution is -2.46. The number of nitrogens with zero attached hydrogens (tertiary/aromatic N) is 2. The Balaban J connectivity index is 1.58. The molecule has 1 fully saturated rings. The molecule has 1 heterocycles. The predicted molar refractivity (Wildman–Crippen MR) is 107 cm³/mol. The van der Waals surface area contributed by atoms with Gasteiger partial charge in [-0.1, -0.05) is 49.7 Å². The van der Waals surface area contributed by atoms with E-state index >= 15 is 0 Å². The van der Waals surface area contributed by atoms with Crippen LogP contribution in [-0.4, -0.2) is 55.4 Å². The second-order valence-corrected chi connectivity index (χ2v) is 7.73. The van der Waals surface area contributed by atoms with Gasteiger partial charge in [-0.15, -0.1) is 0 Å². The molecule has 0 amide bonds. The number of rotatable bonds is 5. The Hall–Kier alpha value is -1.97. The van der Waals surface area contributed by atoms with Crippen molar-refractivity contribution in [2.75, 3.05) is 39.8 Å². The molecule has 2 aliphatic rings. The van der Waals surface area contributed by atoms with Crippen LogP contribution < -0.4 is 0 Å². The average Bonchev–Trinajstić information content (AvgIpc) is 2.97. The van der Waals surface area contributed by atoms with Crippen LogP contribution in [-0.2, 0) is 0 Å². The van der Waals surface area contributed by atoms with Gasteiger partial charge in [-0.25, -0.2) is 0 Å². The monoisotopic (exact) mass is 348 g/mol. The summed E-state index contributed by atoms with van der Waals surface area (Å²) in [6.45, 7) is 6.84. The fourth-order valence-electron chi connectivity index (χ4n) is 4.38. The molecule has 1 saturated heterocycles. The molecule has 0 bridgehead atoms. The molecular weight excluding hydrogens is 320 g/mol. The first-order valence-corrected chi connectivity index (χ1v) is 9.84. The molecule has 3 heteroatoms. The minimum absolute atomic E-state index is 0.253. The van der Waals surface area contributed by atoms with Crippen molar-refractivity contribution in [1.29, 1.82) is 0 Å². The fourth-order valence-corrected chi connectivity index (χ4v) is 4.38. The van der Waals surface area contributed by atoms with E-state index in [1.165, 1.54) is 22.3 Å². The SMILES string of the molecule is CCCC1c2ccccc2-c2ccc(C(=O)CN3CCN(C)CC3)cc21. The highest BCUT2D eigenvalue weighted by Gasteiger charge is 2.28. The fraction of sp³-hybridized carbons (Fsp3) is 0.435. The van der Waals surface area contributed by atoms with Crippen LogP contribution >= 0.6 is 0 Å². The summed E-state index contributed by atoms with van der Waals surface area (Å²) in [4.78, 5) is 17.5. The average molecular weight is 348 g/mol. The topological polar surface area (TPSA) is 23.6 Å². The van der Waals surface area contributed by atoms with Crippen molar-refractivity contribution in [1.82, 2.24) is 9.80 Å². The van der Waals surface area contributed by atoms with Crippen molar-refractivity contribution < 1.29 is 4.79 Å². The lowest BCUT2D eigenvalue weighted by atomic mass is 9.91. The number of ketones is 1. The van der Waals surface area contributed by atoms with E-state index in [9.17, 15) is 4.79 Å². The Kier molecular flexibility index (Phi) is 4.92. The van der Waals surface area contributed by atoms with Gasteiger partial charge < -0.3 is 4.90 Å². The molecule has 0 radical (unpaired) electrons. The first-order valence-electron chi connectivity index (χ1n) is 9.84. The molecule has 0 N–H and O–H groups in total. The summed E-state index contributed by atoms with van der Waals surface area (Å²) in [7, 11) is 2.14. The molecular formula is C23H28N2O. The minimum Gasteiger partial charge on any atom is -0.304 e. The molecule has 136 valence electrons. The van der Waals surface area contributed by atoms with Gasteiger partial charge in [-0.05, 0) is 41.8 Å². The van der Waals surface area contributed by atoms with Crippen LogP contribution in [0.15, 0.2) is 42.5 Å². The minimum atomic E-state index is 0.253. The van der Waals surface area contributed by atoms with E-state index in [0.29, 0.717) is 12.5 Å². The van der Waals surface area contributed by atoms with Crippen molar-refractivity contribution in [3.8, 4) is 11.1 Å². The number of carbonyl (C=O) groups is 1. The number of fused-ring (bicyclic) bond motifs is 3. The van der Waals surface area contributed by atoms with Crippen LogP contribution in [0.1, 0.15) is 47.2 Å². The summed E-state index contributed by atoms with van der Waals surface area (Å²) in [5.74, 6) is 0.686. The third kappa shape index (κ3) is 3.22. The van der Waals surface area contributed by atoms with Crippen LogP contribution in [0.3, 0.4) is 0 Å². The molecule has 0 aromatic heterocycles. The Morgan fingerprint density at radius 2 is 1.73 bits per heavy atom. The smallest absolute Gasteiger partial charge is 0.176 e. The molecule has 26 heavy (non-hydrogen) atoms. The van der Waals surface area contributed by atoms with Crippen LogP contribution in [0, 0.1) is 0 Å². The van der Waals surface area contributed by atoms with Gasteiger partial charge in [-0.2, -0.15) is 0 Å². The van der Waals surface area contributed by atoms with Gasteiger partial charge in [-0.3, -0.25) is 9.69 Å². The molecule has 2 aromatic carbocycles. The number of Topliss-reactive ketones (excluding diaryl/α,β-unsaturated/α-hetero) is 1. The highest BCUT2D eigenvalue weighted by Crippen LogP contribution is 2.46. The Bertz CT molecular complexity index is 806. The predicted octanol–water partition coefficient (Wildman–Crippen LogP) is 4.03. The highest BCUT2D eigenvalue weighted by molar-refractivity contribution is 5.99. The van der Waals surface area contributed by atoms with E-state index in [2.05, 4.69) is 60.2 Å². The van der Waals surface area contributed by atoms with Crippen LogP contribution in [0.2, 0.25) is 0 Å². The molecule has 2 aromatic rings. The zero-order chi connectivity index (χ0) is 18.1. The third-order valence-electron chi connectivity index (χ3n) is 5.92. The van der Waals surface area contributed by atoms with Crippen molar-refractivity contribution in [3.05, 3.63) is 59.2 Å². The van der Waals surface area contributed by atoms with E-state index in [0.717, 1.165) is 44.6 Å². The summed E-state index contributed by atoms with van der Waals surface area (Å²) in [6, 6.07) is 15.1. The van der Waals surface area contributed by atoms with Crippen LogP contribution in [0.5, 0.6) is 0 Å². The van der Waals surface area contributed by atoms with Gasteiger partial charge in [0.05, 0.1) is 6.54 Å². The maximum atomic E-state index is 12.9. The van der Waals surface area contributed by atoms with Gasteiger partial charge in [0.2, 0.25) is 0 Å². The van der Waals surface area contributed by atoms with E-state index in [4.69, 9.17) is 0 Å². The largest absolute Gasteiger partial charge is 0.304 e. The number of piperazine rings is 1. The van der Waals surface area contributed by atoms with E-state index in [1.807, 2.05) is 6.07 Å². The molecule has 0 saturated carbocycles. The second-order valence-electron chi connectivity index (χ2n) is 7.73. The molecule has 3 nitrogen and oxygen atoms in total. The number of hydrogen-bond acceptors (Lipinski definition) is 3. The number of hydrogen-bond donors (Lipinski definition) is 0. The lowest BCUT2D eigenvalue weighted by molar-refractivity contribution is 0.0876. The van der Waals surface area contributed by atoms with Crippen molar-refractivity contribution in [3.63, 3.8) is 0 Å². The number of carbonyl (C=O) groups excluding carboxylic acids is 1. The van der Waals surface area contributed by atoms with Crippen molar-refractivity contribution in [2.45, 2.75) is 25.7 Å². The van der Waals surface area contributed by atoms with Crippen LogP contribution in [0.25, 0.3) is 11.1 Å². The lowest BCUT2D eigenvalue weighted by Gasteiger charge is -2.31. The maximum Gasteiger partial charge on any atom is 0.176 e. The van der Waals surface area contributed by atoms with Crippen molar-refractivity contribution >= 4 is 5.78 Å². The van der Waals surface area contributed by atoms with Gasteiger partial charge in [0, 0.05) is 37.7 Å². The molecule has 1 aliphatic heterocycles. The maximum absolute atomic E-state index is 12.9. The Labute approximate surface area is 156 Å². The highest BCUT2D eigenvalue weighted by atomic mass is 16.1. The molecule has 1 unspecified atom stereocenters. The standard InChI is InChI=1S/C23H28N2O/c1-3-6-18-19-7-4-5-8-20(19)21-10-9-17(15-22(18)21)23(26)16-25-13-11-24(2)12-14-25/h4-5,7-10,15,18H,3,6,11-14,16H2,1-2H3. The first-order chi connectivity index (χ1) is 12.7. The van der Waals surface area contributed by atoms with E-state index in [1.54, 1.807) is 0 Å². The summed E-state index contributed by atoms with van der Waals surface area (Å²) in [5, 5.41) is 0.